The summed E-state index contributed by atoms with van der Waals surface area (Å²) in [5.41, 5.74) is -2.09. The zero-order valence-electron chi connectivity index (χ0n) is 19.0. The first-order chi connectivity index (χ1) is 13.6. The van der Waals surface area contributed by atoms with Crippen LogP contribution in [0.5, 0.6) is 0 Å². The summed E-state index contributed by atoms with van der Waals surface area (Å²) in [5.74, 6) is -0.478. The Morgan fingerprint density at radius 1 is 1.13 bits per heavy atom. The van der Waals surface area contributed by atoms with Gasteiger partial charge >= 0.3 is 13.2 Å². The first-order valence-electron chi connectivity index (χ1n) is 10.5. The molecule has 2 fully saturated rings. The number of ether oxygens (including phenoxy) is 1. The number of carbonyl (C=O) groups is 1. The largest absolute Gasteiger partial charge is 0.497 e. The molecule has 0 atom stereocenters. The van der Waals surface area contributed by atoms with Gasteiger partial charge in [-0.3, -0.25) is 0 Å². The van der Waals surface area contributed by atoms with E-state index in [1.807, 2.05) is 48.5 Å². The molecular formula is C22H33BFNO5. The molecule has 166 valence electrons. The summed E-state index contributed by atoms with van der Waals surface area (Å²) in [5, 5.41) is 11.1. The summed E-state index contributed by atoms with van der Waals surface area (Å²) in [6.45, 7) is 13.8. The minimum atomic E-state index is -1.20. The van der Waals surface area contributed by atoms with Crippen LogP contribution in [-0.4, -0.2) is 53.1 Å². The predicted octanol–water partition coefficient (Wildman–Crippen LogP) is 3.34. The highest BCUT2D eigenvalue weighted by molar-refractivity contribution is 6.62. The fraction of sp³-hybridized carbons (Fsp3) is 0.682. The molecule has 1 amide bonds. The van der Waals surface area contributed by atoms with E-state index in [9.17, 15) is 14.3 Å². The van der Waals surface area contributed by atoms with Crippen molar-refractivity contribution < 1.29 is 28.3 Å². The molecule has 3 rings (SSSR count). The van der Waals surface area contributed by atoms with Crippen molar-refractivity contribution in [2.75, 3.05) is 13.1 Å². The Kier molecular flexibility index (Phi) is 5.76. The van der Waals surface area contributed by atoms with Crippen LogP contribution in [0.4, 0.5) is 9.18 Å². The van der Waals surface area contributed by atoms with Crippen LogP contribution in [0.3, 0.4) is 0 Å². The average Bonchev–Trinajstić information content (AvgIpc) is 2.81. The van der Waals surface area contributed by atoms with Gasteiger partial charge in [0.25, 0.3) is 0 Å². The van der Waals surface area contributed by atoms with E-state index in [-0.39, 0.29) is 0 Å². The molecule has 2 aliphatic heterocycles. The van der Waals surface area contributed by atoms with E-state index in [0.717, 1.165) is 0 Å². The Morgan fingerprint density at radius 2 is 1.67 bits per heavy atom. The molecule has 0 radical (unpaired) electrons. The molecule has 30 heavy (non-hydrogen) atoms. The highest BCUT2D eigenvalue weighted by Crippen LogP contribution is 2.37. The van der Waals surface area contributed by atoms with Crippen LogP contribution in [0.2, 0.25) is 0 Å². The molecule has 0 unspecified atom stereocenters. The highest BCUT2D eigenvalue weighted by atomic mass is 19.1. The molecule has 2 heterocycles. The van der Waals surface area contributed by atoms with Crippen molar-refractivity contribution in [1.29, 1.82) is 0 Å². The average molecular weight is 421 g/mol. The molecule has 2 aliphatic rings. The van der Waals surface area contributed by atoms with Gasteiger partial charge in [0.1, 0.15) is 11.4 Å². The fourth-order valence-electron chi connectivity index (χ4n) is 3.65. The van der Waals surface area contributed by atoms with Crippen molar-refractivity contribution in [3.63, 3.8) is 0 Å². The number of hydrogen-bond acceptors (Lipinski definition) is 5. The predicted molar refractivity (Wildman–Crippen MR) is 113 cm³/mol. The van der Waals surface area contributed by atoms with Gasteiger partial charge in [0, 0.05) is 18.6 Å². The van der Waals surface area contributed by atoms with Crippen molar-refractivity contribution in [1.82, 2.24) is 4.90 Å². The highest BCUT2D eigenvalue weighted by Gasteiger charge is 2.52. The van der Waals surface area contributed by atoms with Gasteiger partial charge in [-0.15, -0.1) is 0 Å². The molecule has 0 saturated carbocycles. The van der Waals surface area contributed by atoms with Crippen molar-refractivity contribution in [3.05, 3.63) is 29.6 Å². The molecule has 0 aromatic heterocycles. The summed E-state index contributed by atoms with van der Waals surface area (Å²) < 4.78 is 32.2. The molecule has 6 nitrogen and oxygen atoms in total. The van der Waals surface area contributed by atoms with Crippen molar-refractivity contribution >= 4 is 18.7 Å². The second-order valence-corrected chi connectivity index (χ2v) is 10.3. The van der Waals surface area contributed by atoms with Crippen LogP contribution in [0, 0.1) is 5.82 Å². The maximum atomic E-state index is 15.0. The quantitative estimate of drug-likeness (QED) is 0.742. The molecular weight excluding hydrogens is 388 g/mol. The third-order valence-corrected chi connectivity index (χ3v) is 6.29. The number of amides is 1. The topological polar surface area (TPSA) is 68.2 Å². The van der Waals surface area contributed by atoms with E-state index >= 15 is 0 Å². The van der Waals surface area contributed by atoms with E-state index in [4.69, 9.17) is 14.0 Å². The van der Waals surface area contributed by atoms with Gasteiger partial charge in [-0.25, -0.2) is 9.18 Å². The molecule has 1 aromatic carbocycles. The molecule has 2 saturated heterocycles. The van der Waals surface area contributed by atoms with E-state index in [0.29, 0.717) is 37.0 Å². The Labute approximate surface area is 178 Å². The summed E-state index contributed by atoms with van der Waals surface area (Å²) >= 11 is 0. The van der Waals surface area contributed by atoms with Crippen LogP contribution < -0.4 is 5.46 Å². The molecule has 1 N–H and O–H groups in total. The zero-order chi connectivity index (χ0) is 22.5. The van der Waals surface area contributed by atoms with Gasteiger partial charge in [0.15, 0.2) is 0 Å². The normalized spacial score (nSPS) is 22.8. The number of likely N-dealkylation sites (tertiary alicyclic amines) is 1. The van der Waals surface area contributed by atoms with E-state index in [1.54, 1.807) is 17.0 Å². The maximum Gasteiger partial charge on any atom is 0.497 e. The lowest BCUT2D eigenvalue weighted by atomic mass is 9.76. The Balaban J connectivity index is 1.71. The summed E-state index contributed by atoms with van der Waals surface area (Å²) in [6.07, 6.45) is 0.218. The SMILES string of the molecule is CC(C)(C)OC(=O)N1CCC(O)(c2ccc(B3OC(C)(C)C(C)(C)O3)c(F)c2)CC1. The van der Waals surface area contributed by atoms with E-state index in [2.05, 4.69) is 0 Å². The third-order valence-electron chi connectivity index (χ3n) is 6.29. The number of halogens is 1. The smallest absolute Gasteiger partial charge is 0.444 e. The first kappa shape index (κ1) is 23.0. The Hall–Kier alpha value is -1.64. The van der Waals surface area contributed by atoms with Gasteiger partial charge in [-0.1, -0.05) is 12.1 Å². The summed E-state index contributed by atoms with van der Waals surface area (Å²) in [7, 11) is -0.798. The standard InChI is InChI=1S/C22H33BFNO5/c1-19(2,3)28-18(26)25-12-10-22(27,11-13-25)15-8-9-16(17(24)14-15)23-29-20(4,5)21(6,7)30-23/h8-9,14,27H,10-13H2,1-7H3. The molecule has 0 spiro atoms. The monoisotopic (exact) mass is 421 g/mol. The number of nitrogens with zero attached hydrogens (tertiary/aromatic N) is 1. The second kappa shape index (κ2) is 7.50. The number of carbonyl (C=O) groups excluding carboxylic acids is 1. The lowest BCUT2D eigenvalue weighted by Gasteiger charge is -2.39. The molecule has 0 aliphatic carbocycles. The lowest BCUT2D eigenvalue weighted by Crippen LogP contribution is -2.47. The zero-order valence-corrected chi connectivity index (χ0v) is 19.0. The second-order valence-electron chi connectivity index (χ2n) is 10.3. The van der Waals surface area contributed by atoms with Gasteiger partial charge in [0.05, 0.1) is 16.8 Å². The van der Waals surface area contributed by atoms with Crippen LogP contribution in [0.15, 0.2) is 18.2 Å². The third kappa shape index (κ3) is 4.50. The van der Waals surface area contributed by atoms with Crippen molar-refractivity contribution in [3.8, 4) is 0 Å². The maximum absolute atomic E-state index is 15.0. The summed E-state index contributed by atoms with van der Waals surface area (Å²) in [6, 6.07) is 4.68. The number of piperidine rings is 1. The van der Waals surface area contributed by atoms with Crippen molar-refractivity contribution in [2.45, 2.75) is 83.7 Å². The van der Waals surface area contributed by atoms with Crippen LogP contribution >= 0.6 is 0 Å². The Bertz CT molecular complexity index is 796. The minimum Gasteiger partial charge on any atom is -0.444 e. The fourth-order valence-corrected chi connectivity index (χ4v) is 3.65. The number of benzene rings is 1. The van der Waals surface area contributed by atoms with E-state index in [1.165, 1.54) is 6.07 Å². The van der Waals surface area contributed by atoms with Crippen molar-refractivity contribution in [2.24, 2.45) is 0 Å². The molecule has 0 bridgehead atoms. The number of hydrogen-bond donors (Lipinski definition) is 1. The minimum absolute atomic E-state index is 0.307. The molecule has 8 heteroatoms. The number of rotatable bonds is 2. The summed E-state index contributed by atoms with van der Waals surface area (Å²) in [4.78, 5) is 13.8. The van der Waals surface area contributed by atoms with Crippen LogP contribution in [0.25, 0.3) is 0 Å². The van der Waals surface area contributed by atoms with Crippen LogP contribution in [0.1, 0.15) is 66.9 Å². The Morgan fingerprint density at radius 3 is 2.13 bits per heavy atom. The molecule has 1 aromatic rings. The van der Waals surface area contributed by atoms with Gasteiger partial charge in [-0.2, -0.15) is 0 Å². The van der Waals surface area contributed by atoms with Gasteiger partial charge < -0.3 is 24.1 Å². The van der Waals surface area contributed by atoms with Gasteiger partial charge in [0.2, 0.25) is 0 Å². The first-order valence-corrected chi connectivity index (χ1v) is 10.5. The van der Waals surface area contributed by atoms with Crippen LogP contribution in [-0.2, 0) is 19.6 Å². The van der Waals surface area contributed by atoms with Gasteiger partial charge in [-0.05, 0) is 72.9 Å². The number of aliphatic hydroxyl groups is 1. The lowest BCUT2D eigenvalue weighted by molar-refractivity contribution is -0.0357. The van der Waals surface area contributed by atoms with E-state index < -0.39 is 41.4 Å².